The molecule has 152 valence electrons. The number of halogens is 2. The Labute approximate surface area is 175 Å². The molecule has 0 aliphatic rings. The first-order valence-electron chi connectivity index (χ1n) is 8.48. The van der Waals surface area contributed by atoms with Gasteiger partial charge in [-0.25, -0.2) is 8.42 Å². The molecule has 0 spiro atoms. The lowest BCUT2D eigenvalue weighted by Gasteiger charge is -2.23. The molecule has 1 N–H and O–H groups in total. The van der Waals surface area contributed by atoms with Gasteiger partial charge in [0, 0.05) is 10.0 Å². The van der Waals surface area contributed by atoms with Crippen molar-refractivity contribution >= 4 is 44.8 Å². The van der Waals surface area contributed by atoms with Crippen LogP contribution >= 0.6 is 23.2 Å². The van der Waals surface area contributed by atoms with E-state index < -0.39 is 22.5 Å². The van der Waals surface area contributed by atoms with Crippen LogP contribution < -0.4 is 14.4 Å². The van der Waals surface area contributed by atoms with Crippen molar-refractivity contribution in [3.8, 4) is 5.75 Å². The average Bonchev–Trinajstić information content (AvgIpc) is 2.57. The first kappa shape index (κ1) is 22.3. The van der Waals surface area contributed by atoms with Crippen LogP contribution in [-0.2, 0) is 14.8 Å². The van der Waals surface area contributed by atoms with E-state index in [0.29, 0.717) is 0 Å². The Morgan fingerprint density at radius 3 is 2.36 bits per heavy atom. The number of carbonyl (C=O) groups is 1. The summed E-state index contributed by atoms with van der Waals surface area (Å²) in [6, 6.07) is 11.6. The number of para-hydroxylation sites is 1. The second-order valence-electron chi connectivity index (χ2n) is 6.44. The Hall–Kier alpha value is -1.96. The number of benzene rings is 2. The Morgan fingerprint density at radius 2 is 1.79 bits per heavy atom. The van der Waals surface area contributed by atoms with Gasteiger partial charge in [-0.15, -0.1) is 0 Å². The summed E-state index contributed by atoms with van der Waals surface area (Å²) < 4.78 is 31.0. The summed E-state index contributed by atoms with van der Waals surface area (Å²) in [4.78, 5) is 12.4. The van der Waals surface area contributed by atoms with E-state index in [2.05, 4.69) is 5.32 Å². The smallest absolute Gasteiger partial charge is 0.241 e. The fourth-order valence-corrected chi connectivity index (χ4v) is 3.86. The molecule has 28 heavy (non-hydrogen) atoms. The molecule has 1 atom stereocenters. The largest absolute Gasteiger partial charge is 0.491 e. The van der Waals surface area contributed by atoms with E-state index >= 15 is 0 Å². The molecule has 2 aromatic rings. The number of anilines is 1. The fourth-order valence-electron chi connectivity index (χ4n) is 2.51. The number of amides is 1. The van der Waals surface area contributed by atoms with Crippen LogP contribution in [0, 0.1) is 6.92 Å². The molecule has 0 saturated carbocycles. The summed E-state index contributed by atoms with van der Waals surface area (Å²) in [5.74, 6) is 0.261. The van der Waals surface area contributed by atoms with Crippen molar-refractivity contribution in [2.75, 3.05) is 23.7 Å². The van der Waals surface area contributed by atoms with Crippen LogP contribution in [0.2, 0.25) is 10.0 Å². The number of ether oxygens (including phenoxy) is 1. The number of nitrogens with zero attached hydrogens (tertiary/aromatic N) is 1. The molecule has 9 heteroatoms. The van der Waals surface area contributed by atoms with Gasteiger partial charge in [0.2, 0.25) is 15.9 Å². The van der Waals surface area contributed by atoms with Gasteiger partial charge in [0.05, 0.1) is 18.0 Å². The van der Waals surface area contributed by atoms with Crippen LogP contribution in [0.3, 0.4) is 0 Å². The molecular weight excluding hydrogens is 423 g/mol. The second-order valence-corrected chi connectivity index (χ2v) is 9.22. The Balaban J connectivity index is 2.02. The highest BCUT2D eigenvalue weighted by molar-refractivity contribution is 7.92. The van der Waals surface area contributed by atoms with Gasteiger partial charge in [-0.05, 0) is 43.7 Å². The molecular formula is C19H22Cl2N2O4S. The number of sulfonamides is 1. The number of carbonyl (C=O) groups excluding carboxylic acids is 1. The Bertz CT molecular complexity index is 930. The van der Waals surface area contributed by atoms with Gasteiger partial charge in [0.15, 0.2) is 0 Å². The minimum Gasteiger partial charge on any atom is -0.491 e. The third-order valence-corrected chi connectivity index (χ3v) is 5.39. The highest BCUT2D eigenvalue weighted by atomic mass is 35.5. The van der Waals surface area contributed by atoms with Gasteiger partial charge in [0.1, 0.15) is 18.9 Å². The van der Waals surface area contributed by atoms with E-state index in [0.717, 1.165) is 21.9 Å². The predicted octanol–water partition coefficient (Wildman–Crippen LogP) is 3.65. The maximum absolute atomic E-state index is 12.4. The number of nitrogens with one attached hydrogen (secondary N) is 1. The highest BCUT2D eigenvalue weighted by Gasteiger charge is 2.22. The van der Waals surface area contributed by atoms with Crippen LogP contribution in [0.1, 0.15) is 12.5 Å². The standard InChI is InChI=1S/C19H22Cl2N2O4S/c1-13-6-4-5-7-18(13)27-12-14(2)22-19(24)11-23(28(3,25)26)17-9-15(20)8-16(21)10-17/h4-10,14H,11-12H2,1-3H3,(H,22,24). The first-order chi connectivity index (χ1) is 13.1. The summed E-state index contributed by atoms with van der Waals surface area (Å²) in [6.45, 7) is 3.55. The van der Waals surface area contributed by atoms with Crippen LogP contribution in [0.25, 0.3) is 0 Å². The van der Waals surface area contributed by atoms with E-state index in [-0.39, 0.29) is 28.4 Å². The van der Waals surface area contributed by atoms with Crippen molar-refractivity contribution in [2.45, 2.75) is 19.9 Å². The van der Waals surface area contributed by atoms with Crippen molar-refractivity contribution in [1.82, 2.24) is 5.32 Å². The Morgan fingerprint density at radius 1 is 1.18 bits per heavy atom. The van der Waals surface area contributed by atoms with Crippen LogP contribution in [0.15, 0.2) is 42.5 Å². The molecule has 0 aromatic heterocycles. The normalized spacial score (nSPS) is 12.3. The number of aryl methyl sites for hydroxylation is 1. The van der Waals surface area contributed by atoms with Crippen molar-refractivity contribution in [2.24, 2.45) is 0 Å². The van der Waals surface area contributed by atoms with Crippen molar-refractivity contribution in [1.29, 1.82) is 0 Å². The van der Waals surface area contributed by atoms with E-state index in [1.54, 1.807) is 6.92 Å². The van der Waals surface area contributed by atoms with E-state index in [4.69, 9.17) is 27.9 Å². The molecule has 0 bridgehead atoms. The predicted molar refractivity (Wildman–Crippen MR) is 113 cm³/mol. The maximum atomic E-state index is 12.4. The van der Waals surface area contributed by atoms with Crippen LogP contribution in [-0.4, -0.2) is 39.8 Å². The molecule has 1 unspecified atom stereocenters. The lowest BCUT2D eigenvalue weighted by molar-refractivity contribution is -0.120. The molecule has 1 amide bonds. The van der Waals surface area contributed by atoms with Crippen LogP contribution in [0.5, 0.6) is 5.75 Å². The molecule has 2 aromatic carbocycles. The SMILES string of the molecule is Cc1ccccc1OCC(C)NC(=O)CN(c1cc(Cl)cc(Cl)c1)S(C)(=O)=O. The zero-order valence-corrected chi connectivity index (χ0v) is 18.1. The lowest BCUT2D eigenvalue weighted by atomic mass is 10.2. The topological polar surface area (TPSA) is 75.7 Å². The van der Waals surface area contributed by atoms with Gasteiger partial charge in [-0.3, -0.25) is 9.10 Å². The fraction of sp³-hybridized carbons (Fsp3) is 0.316. The van der Waals surface area contributed by atoms with Crippen molar-refractivity contribution in [3.63, 3.8) is 0 Å². The minimum absolute atomic E-state index is 0.221. The zero-order chi connectivity index (χ0) is 20.9. The maximum Gasteiger partial charge on any atom is 0.241 e. The third-order valence-electron chi connectivity index (χ3n) is 3.81. The molecule has 0 aliphatic carbocycles. The minimum atomic E-state index is -3.72. The van der Waals surface area contributed by atoms with Gasteiger partial charge >= 0.3 is 0 Å². The number of hydrogen-bond donors (Lipinski definition) is 1. The molecule has 0 saturated heterocycles. The van der Waals surface area contributed by atoms with E-state index in [1.807, 2.05) is 31.2 Å². The molecule has 6 nitrogen and oxygen atoms in total. The van der Waals surface area contributed by atoms with Gasteiger partial charge in [-0.1, -0.05) is 41.4 Å². The van der Waals surface area contributed by atoms with Crippen molar-refractivity contribution in [3.05, 3.63) is 58.1 Å². The third kappa shape index (κ3) is 6.58. The summed E-state index contributed by atoms with van der Waals surface area (Å²) >= 11 is 11.9. The Kier molecular flexibility index (Phi) is 7.57. The molecule has 0 aliphatic heterocycles. The summed E-state index contributed by atoms with van der Waals surface area (Å²) in [5.41, 5.74) is 1.21. The second kappa shape index (κ2) is 9.49. The quantitative estimate of drug-likeness (QED) is 0.673. The first-order valence-corrected chi connectivity index (χ1v) is 11.1. The molecule has 0 radical (unpaired) electrons. The average molecular weight is 445 g/mol. The van der Waals surface area contributed by atoms with Gasteiger partial charge < -0.3 is 10.1 Å². The van der Waals surface area contributed by atoms with Gasteiger partial charge in [0.25, 0.3) is 0 Å². The highest BCUT2D eigenvalue weighted by Crippen LogP contribution is 2.26. The summed E-state index contributed by atoms with van der Waals surface area (Å²) in [5, 5.41) is 3.28. The monoisotopic (exact) mass is 444 g/mol. The van der Waals surface area contributed by atoms with Crippen LogP contribution in [0.4, 0.5) is 5.69 Å². The molecule has 2 rings (SSSR count). The van der Waals surface area contributed by atoms with E-state index in [1.165, 1.54) is 18.2 Å². The number of hydrogen-bond acceptors (Lipinski definition) is 4. The van der Waals surface area contributed by atoms with Crippen molar-refractivity contribution < 1.29 is 17.9 Å². The molecule has 0 fully saturated rings. The zero-order valence-electron chi connectivity index (χ0n) is 15.8. The molecule has 0 heterocycles. The summed E-state index contributed by atoms with van der Waals surface area (Å²) in [7, 11) is -3.72. The van der Waals surface area contributed by atoms with E-state index in [9.17, 15) is 13.2 Å². The number of rotatable bonds is 8. The summed E-state index contributed by atoms with van der Waals surface area (Å²) in [6.07, 6.45) is 1.01. The van der Waals surface area contributed by atoms with Gasteiger partial charge in [-0.2, -0.15) is 0 Å². The lowest BCUT2D eigenvalue weighted by Crippen LogP contribution is -2.44.